The highest BCUT2D eigenvalue weighted by Gasteiger charge is 2.33. The van der Waals surface area contributed by atoms with Gasteiger partial charge in [-0.15, -0.1) is 0 Å². The monoisotopic (exact) mass is 230 g/mol. The first-order chi connectivity index (χ1) is 8.05. The van der Waals surface area contributed by atoms with Gasteiger partial charge in [0.15, 0.2) is 5.78 Å². The molecule has 0 unspecified atom stereocenters. The number of carbonyl (C=O) groups is 1. The molecule has 0 N–H and O–H groups in total. The molecule has 0 fully saturated rings. The maximum Gasteiger partial charge on any atom is 0.170 e. The molecule has 0 amide bonds. The van der Waals surface area contributed by atoms with Crippen LogP contribution in [0.5, 0.6) is 5.75 Å². The highest BCUT2D eigenvalue weighted by atomic mass is 16.5. The summed E-state index contributed by atoms with van der Waals surface area (Å²) in [5.41, 5.74) is 3.17. The lowest BCUT2D eigenvalue weighted by Gasteiger charge is -2.32. The Labute approximate surface area is 102 Å². The van der Waals surface area contributed by atoms with Gasteiger partial charge in [0, 0.05) is 0 Å². The van der Waals surface area contributed by atoms with Gasteiger partial charge in [0.1, 0.15) is 11.4 Å². The number of carbonyl (C=O) groups excluding carboxylic acids is 1. The number of Topliss-reactive ketones (excluding diaryl/α,β-unsaturated/α-hetero) is 1. The predicted molar refractivity (Wildman–Crippen MR) is 66.7 cm³/mol. The zero-order chi connectivity index (χ0) is 12.0. The standard InChI is InChI=1S/C15H18O2/c1-15(2)9-13(16)12-7-10-5-3-4-6-11(10)8-14(12)17-15/h7-8H,3-6,9H2,1-2H3. The van der Waals surface area contributed by atoms with Crippen molar-refractivity contribution in [3.8, 4) is 5.75 Å². The van der Waals surface area contributed by atoms with E-state index in [1.165, 1.54) is 24.0 Å². The molecule has 0 spiro atoms. The molecular weight excluding hydrogens is 212 g/mol. The average molecular weight is 230 g/mol. The number of hydrogen-bond acceptors (Lipinski definition) is 2. The molecule has 0 saturated carbocycles. The molecule has 2 heteroatoms. The lowest BCUT2D eigenvalue weighted by molar-refractivity contribution is 0.0619. The fraction of sp³-hybridized carbons (Fsp3) is 0.533. The summed E-state index contributed by atoms with van der Waals surface area (Å²) < 4.78 is 5.93. The average Bonchev–Trinajstić information content (AvgIpc) is 2.25. The molecule has 0 radical (unpaired) electrons. The van der Waals surface area contributed by atoms with Gasteiger partial charge >= 0.3 is 0 Å². The van der Waals surface area contributed by atoms with Crippen LogP contribution in [0.2, 0.25) is 0 Å². The minimum atomic E-state index is -0.354. The van der Waals surface area contributed by atoms with E-state index in [1.54, 1.807) is 0 Å². The molecule has 0 atom stereocenters. The van der Waals surface area contributed by atoms with Gasteiger partial charge in [0.05, 0.1) is 12.0 Å². The van der Waals surface area contributed by atoms with Crippen LogP contribution in [-0.4, -0.2) is 11.4 Å². The summed E-state index contributed by atoms with van der Waals surface area (Å²) in [6.07, 6.45) is 5.22. The van der Waals surface area contributed by atoms with Crippen LogP contribution in [0.25, 0.3) is 0 Å². The minimum Gasteiger partial charge on any atom is -0.487 e. The van der Waals surface area contributed by atoms with Gasteiger partial charge in [-0.3, -0.25) is 4.79 Å². The van der Waals surface area contributed by atoms with Crippen LogP contribution in [-0.2, 0) is 12.8 Å². The molecule has 1 heterocycles. The summed E-state index contributed by atoms with van der Waals surface area (Å²) in [5.74, 6) is 1.02. The molecule has 0 saturated heterocycles. The number of ether oxygens (including phenoxy) is 1. The highest BCUT2D eigenvalue weighted by molar-refractivity contribution is 6.00. The maximum atomic E-state index is 12.1. The Morgan fingerprint density at radius 1 is 1.12 bits per heavy atom. The van der Waals surface area contributed by atoms with Crippen LogP contribution in [0.15, 0.2) is 12.1 Å². The molecule has 17 heavy (non-hydrogen) atoms. The fourth-order valence-corrected chi connectivity index (χ4v) is 2.88. The van der Waals surface area contributed by atoms with E-state index in [0.717, 1.165) is 24.2 Å². The zero-order valence-corrected chi connectivity index (χ0v) is 10.5. The third-order valence-corrected chi connectivity index (χ3v) is 3.72. The number of hydrogen-bond donors (Lipinski definition) is 0. The number of fused-ring (bicyclic) bond motifs is 2. The highest BCUT2D eigenvalue weighted by Crippen LogP contribution is 2.36. The largest absolute Gasteiger partial charge is 0.487 e. The summed E-state index contributed by atoms with van der Waals surface area (Å²) in [7, 11) is 0. The van der Waals surface area contributed by atoms with E-state index in [-0.39, 0.29) is 11.4 Å². The van der Waals surface area contributed by atoms with Crippen molar-refractivity contribution < 1.29 is 9.53 Å². The lowest BCUT2D eigenvalue weighted by atomic mass is 9.86. The smallest absolute Gasteiger partial charge is 0.170 e. The molecule has 1 aliphatic heterocycles. The van der Waals surface area contributed by atoms with Crippen molar-refractivity contribution in [2.24, 2.45) is 0 Å². The Hall–Kier alpha value is -1.31. The summed E-state index contributed by atoms with van der Waals surface area (Å²) in [4.78, 5) is 12.1. The Kier molecular flexibility index (Phi) is 2.29. The molecule has 2 nitrogen and oxygen atoms in total. The molecule has 3 rings (SSSR count). The van der Waals surface area contributed by atoms with E-state index in [0.29, 0.717) is 6.42 Å². The predicted octanol–water partition coefficient (Wildman–Crippen LogP) is 3.31. The summed E-state index contributed by atoms with van der Waals surface area (Å²) >= 11 is 0. The normalized spacial score (nSPS) is 21.4. The molecule has 0 bridgehead atoms. The lowest BCUT2D eigenvalue weighted by Crippen LogP contribution is -2.36. The first-order valence-electron chi connectivity index (χ1n) is 6.43. The van der Waals surface area contributed by atoms with E-state index in [2.05, 4.69) is 12.1 Å². The van der Waals surface area contributed by atoms with Crippen molar-refractivity contribution in [3.63, 3.8) is 0 Å². The van der Waals surface area contributed by atoms with Gasteiger partial charge in [-0.1, -0.05) is 0 Å². The summed E-state index contributed by atoms with van der Waals surface area (Å²) in [5, 5.41) is 0. The quantitative estimate of drug-likeness (QED) is 0.683. The first kappa shape index (κ1) is 10.8. The van der Waals surface area contributed by atoms with Gasteiger partial charge in [0.2, 0.25) is 0 Å². The number of rotatable bonds is 0. The van der Waals surface area contributed by atoms with Gasteiger partial charge in [-0.2, -0.15) is 0 Å². The zero-order valence-electron chi connectivity index (χ0n) is 10.5. The van der Waals surface area contributed by atoms with Crippen LogP contribution in [0.3, 0.4) is 0 Å². The van der Waals surface area contributed by atoms with Crippen LogP contribution < -0.4 is 4.74 Å². The second kappa shape index (κ2) is 3.59. The third kappa shape index (κ3) is 1.86. The van der Waals surface area contributed by atoms with E-state index >= 15 is 0 Å². The van der Waals surface area contributed by atoms with Crippen LogP contribution in [0.1, 0.15) is 54.6 Å². The van der Waals surface area contributed by atoms with Crippen molar-refractivity contribution in [2.75, 3.05) is 0 Å². The van der Waals surface area contributed by atoms with Crippen LogP contribution in [0, 0.1) is 0 Å². The maximum absolute atomic E-state index is 12.1. The Balaban J connectivity index is 2.10. The van der Waals surface area contributed by atoms with Gasteiger partial charge < -0.3 is 4.74 Å². The molecule has 2 aliphatic rings. The molecule has 1 aliphatic carbocycles. The van der Waals surface area contributed by atoms with Gasteiger partial charge in [-0.25, -0.2) is 0 Å². The number of aryl methyl sites for hydroxylation is 2. The van der Waals surface area contributed by atoms with Gasteiger partial charge in [0.25, 0.3) is 0 Å². The molecule has 1 aromatic rings. The summed E-state index contributed by atoms with van der Waals surface area (Å²) in [6, 6.07) is 4.17. The van der Waals surface area contributed by atoms with Crippen molar-refractivity contribution >= 4 is 5.78 Å². The van der Waals surface area contributed by atoms with E-state index in [1.807, 2.05) is 13.8 Å². The number of benzene rings is 1. The Morgan fingerprint density at radius 3 is 2.47 bits per heavy atom. The Morgan fingerprint density at radius 2 is 1.76 bits per heavy atom. The molecule has 90 valence electrons. The minimum absolute atomic E-state index is 0.227. The van der Waals surface area contributed by atoms with E-state index in [9.17, 15) is 4.79 Å². The fourth-order valence-electron chi connectivity index (χ4n) is 2.88. The van der Waals surface area contributed by atoms with Crippen molar-refractivity contribution in [2.45, 2.75) is 51.6 Å². The van der Waals surface area contributed by atoms with E-state index in [4.69, 9.17) is 4.74 Å². The topological polar surface area (TPSA) is 26.3 Å². The van der Waals surface area contributed by atoms with Crippen LogP contribution >= 0.6 is 0 Å². The van der Waals surface area contributed by atoms with Gasteiger partial charge in [-0.05, 0) is 62.8 Å². The van der Waals surface area contributed by atoms with Crippen molar-refractivity contribution in [1.29, 1.82) is 0 Å². The first-order valence-corrected chi connectivity index (χ1v) is 6.43. The number of ketones is 1. The SMILES string of the molecule is CC1(C)CC(=O)c2cc3c(cc2O1)CCCC3. The second-order valence-electron chi connectivity index (χ2n) is 5.79. The third-order valence-electron chi connectivity index (χ3n) is 3.72. The molecule has 1 aromatic carbocycles. The van der Waals surface area contributed by atoms with Crippen LogP contribution in [0.4, 0.5) is 0 Å². The van der Waals surface area contributed by atoms with Crippen molar-refractivity contribution in [1.82, 2.24) is 0 Å². The Bertz CT molecular complexity index is 486. The molecular formula is C15H18O2. The summed E-state index contributed by atoms with van der Waals surface area (Å²) in [6.45, 7) is 3.96. The van der Waals surface area contributed by atoms with Crippen molar-refractivity contribution in [3.05, 3.63) is 28.8 Å². The second-order valence-corrected chi connectivity index (χ2v) is 5.79. The molecule has 0 aromatic heterocycles. The van der Waals surface area contributed by atoms with E-state index < -0.39 is 0 Å².